The van der Waals surface area contributed by atoms with E-state index in [-0.39, 0.29) is 23.3 Å². The van der Waals surface area contributed by atoms with E-state index < -0.39 is 15.8 Å². The Balaban J connectivity index is 1.56. The van der Waals surface area contributed by atoms with Gasteiger partial charge in [-0.1, -0.05) is 0 Å². The predicted molar refractivity (Wildman–Crippen MR) is 101 cm³/mol. The Hall–Kier alpha value is -2.26. The molecule has 1 amide bonds. The van der Waals surface area contributed by atoms with E-state index >= 15 is 0 Å². The van der Waals surface area contributed by atoms with E-state index in [9.17, 15) is 17.6 Å². The molecule has 7 nitrogen and oxygen atoms in total. The number of nitrogens with zero attached hydrogens (tertiary/aromatic N) is 3. The second-order valence-electron chi connectivity index (χ2n) is 7.35. The first-order valence-corrected chi connectivity index (χ1v) is 11.0. The van der Waals surface area contributed by atoms with Crippen LogP contribution in [0.15, 0.2) is 35.4 Å². The van der Waals surface area contributed by atoms with Crippen LogP contribution in [0.5, 0.6) is 0 Å². The number of carbonyl (C=O) groups excluding carboxylic acids is 1. The third-order valence-corrected chi connectivity index (χ3v) is 7.42. The molecule has 0 radical (unpaired) electrons. The van der Waals surface area contributed by atoms with E-state index in [0.717, 1.165) is 44.5 Å². The van der Waals surface area contributed by atoms with Gasteiger partial charge < -0.3 is 4.90 Å². The molecule has 0 saturated carbocycles. The van der Waals surface area contributed by atoms with Crippen LogP contribution in [0.4, 0.5) is 4.39 Å². The standard InChI is InChI=1S/C19H23FN4O3S/c20-15-5-7-16(8-6-15)28(26,27)24-11-3-4-14(13-24)18-17(12-21-22-18)19(25)23-9-1-2-10-23/h5-8,12,14H,1-4,9-11,13H2,(H,21,22)/t14-/m1/s1. The topological polar surface area (TPSA) is 86.4 Å². The SMILES string of the molecule is O=C(c1cn[nH]c1[C@@H]1CCCN(S(=O)(=O)c2ccc(F)cc2)C1)N1CCCC1. The van der Waals surface area contributed by atoms with Crippen molar-refractivity contribution >= 4 is 15.9 Å². The van der Waals surface area contributed by atoms with Gasteiger partial charge in [0.2, 0.25) is 10.0 Å². The van der Waals surface area contributed by atoms with E-state index in [1.807, 2.05) is 4.90 Å². The molecule has 9 heteroatoms. The van der Waals surface area contributed by atoms with E-state index in [1.54, 1.807) is 6.20 Å². The molecule has 2 aliphatic rings. The summed E-state index contributed by atoms with van der Waals surface area (Å²) in [6.45, 7) is 2.17. The number of rotatable bonds is 4. The number of H-pyrrole nitrogens is 1. The lowest BCUT2D eigenvalue weighted by Crippen LogP contribution is -2.39. The molecule has 2 saturated heterocycles. The summed E-state index contributed by atoms with van der Waals surface area (Å²) in [4.78, 5) is 14.7. The molecule has 1 atom stereocenters. The highest BCUT2D eigenvalue weighted by atomic mass is 32.2. The van der Waals surface area contributed by atoms with Gasteiger partial charge in [0.1, 0.15) is 5.82 Å². The first-order valence-electron chi connectivity index (χ1n) is 9.55. The Kier molecular flexibility index (Phi) is 5.20. The summed E-state index contributed by atoms with van der Waals surface area (Å²) in [5, 5.41) is 6.99. The molecular formula is C19H23FN4O3S. The number of hydrogen-bond donors (Lipinski definition) is 1. The quantitative estimate of drug-likeness (QED) is 0.845. The lowest BCUT2D eigenvalue weighted by atomic mass is 9.93. The van der Waals surface area contributed by atoms with Gasteiger partial charge in [-0.25, -0.2) is 12.8 Å². The number of aromatic nitrogens is 2. The first kappa shape index (κ1) is 19.1. The number of aromatic amines is 1. The van der Waals surface area contributed by atoms with Gasteiger partial charge in [-0.05, 0) is 49.9 Å². The van der Waals surface area contributed by atoms with E-state index in [2.05, 4.69) is 10.2 Å². The highest BCUT2D eigenvalue weighted by Gasteiger charge is 2.34. The Labute approximate surface area is 163 Å². The highest BCUT2D eigenvalue weighted by Crippen LogP contribution is 2.31. The number of hydrogen-bond acceptors (Lipinski definition) is 4. The summed E-state index contributed by atoms with van der Waals surface area (Å²) in [6, 6.07) is 4.87. The maximum Gasteiger partial charge on any atom is 0.257 e. The largest absolute Gasteiger partial charge is 0.339 e. The number of benzene rings is 1. The van der Waals surface area contributed by atoms with Crippen molar-refractivity contribution in [2.45, 2.75) is 36.5 Å². The molecule has 150 valence electrons. The predicted octanol–water partition coefficient (Wildman–Crippen LogP) is 2.35. The Morgan fingerprint density at radius 1 is 1.11 bits per heavy atom. The van der Waals surface area contributed by atoms with E-state index in [0.29, 0.717) is 24.2 Å². The van der Waals surface area contributed by atoms with Gasteiger partial charge in [0.05, 0.1) is 22.3 Å². The molecule has 28 heavy (non-hydrogen) atoms. The fourth-order valence-corrected chi connectivity index (χ4v) is 5.54. The average molecular weight is 406 g/mol. The van der Waals surface area contributed by atoms with Gasteiger partial charge in [-0.15, -0.1) is 0 Å². The van der Waals surface area contributed by atoms with Gasteiger partial charge >= 0.3 is 0 Å². The average Bonchev–Trinajstić information content (AvgIpc) is 3.40. The Bertz CT molecular complexity index is 952. The highest BCUT2D eigenvalue weighted by molar-refractivity contribution is 7.89. The molecule has 1 aromatic heterocycles. The number of sulfonamides is 1. The van der Waals surface area contributed by atoms with Crippen LogP contribution in [0.3, 0.4) is 0 Å². The summed E-state index contributed by atoms with van der Waals surface area (Å²) in [7, 11) is -3.71. The normalized spacial score (nSPS) is 21.2. The summed E-state index contributed by atoms with van der Waals surface area (Å²) >= 11 is 0. The molecule has 2 fully saturated rings. The summed E-state index contributed by atoms with van der Waals surface area (Å²) in [5.41, 5.74) is 1.24. The fourth-order valence-electron chi connectivity index (χ4n) is 4.02. The number of nitrogens with one attached hydrogen (secondary N) is 1. The number of amides is 1. The van der Waals surface area contributed by atoms with Gasteiger partial charge in [0.25, 0.3) is 5.91 Å². The number of carbonyl (C=O) groups is 1. The van der Waals surface area contributed by atoms with Crippen LogP contribution in [0, 0.1) is 5.82 Å². The molecule has 0 aliphatic carbocycles. The second kappa shape index (κ2) is 7.63. The number of halogens is 1. The second-order valence-corrected chi connectivity index (χ2v) is 9.29. The molecule has 0 spiro atoms. The zero-order valence-electron chi connectivity index (χ0n) is 15.5. The van der Waals surface area contributed by atoms with Crippen LogP contribution in [-0.4, -0.2) is 59.9 Å². The molecular weight excluding hydrogens is 383 g/mol. The van der Waals surface area contributed by atoms with Crippen molar-refractivity contribution in [3.8, 4) is 0 Å². The molecule has 0 unspecified atom stereocenters. The van der Waals surface area contributed by atoms with Crippen LogP contribution < -0.4 is 0 Å². The van der Waals surface area contributed by atoms with Crippen molar-refractivity contribution in [2.75, 3.05) is 26.2 Å². The smallest absolute Gasteiger partial charge is 0.257 e. The van der Waals surface area contributed by atoms with Crippen LogP contribution in [-0.2, 0) is 10.0 Å². The molecule has 2 aromatic rings. The van der Waals surface area contributed by atoms with Gasteiger partial charge in [0.15, 0.2) is 0 Å². The third-order valence-electron chi connectivity index (χ3n) is 5.54. The van der Waals surface area contributed by atoms with Gasteiger partial charge in [-0.3, -0.25) is 9.89 Å². The van der Waals surface area contributed by atoms with Crippen molar-refractivity contribution in [2.24, 2.45) is 0 Å². The maximum absolute atomic E-state index is 13.2. The van der Waals surface area contributed by atoms with Crippen LogP contribution in [0.2, 0.25) is 0 Å². The lowest BCUT2D eigenvalue weighted by molar-refractivity contribution is 0.0791. The van der Waals surface area contributed by atoms with E-state index in [4.69, 9.17) is 0 Å². The van der Waals surface area contributed by atoms with E-state index in [1.165, 1.54) is 16.4 Å². The molecule has 1 aromatic carbocycles. The third kappa shape index (κ3) is 3.56. The summed E-state index contributed by atoms with van der Waals surface area (Å²) in [5.74, 6) is -0.647. The fraction of sp³-hybridized carbons (Fsp3) is 0.474. The van der Waals surface area contributed by atoms with Gasteiger partial charge in [-0.2, -0.15) is 9.40 Å². The molecule has 3 heterocycles. The lowest BCUT2D eigenvalue weighted by Gasteiger charge is -2.32. The minimum absolute atomic E-state index is 0.0419. The molecule has 2 aliphatic heterocycles. The summed E-state index contributed by atoms with van der Waals surface area (Å²) < 4.78 is 40.5. The first-order chi connectivity index (χ1) is 13.5. The van der Waals surface area contributed by atoms with Crippen molar-refractivity contribution in [1.29, 1.82) is 0 Å². The molecule has 0 bridgehead atoms. The minimum atomic E-state index is -3.71. The minimum Gasteiger partial charge on any atom is -0.339 e. The summed E-state index contributed by atoms with van der Waals surface area (Å²) in [6.07, 6.45) is 5.01. The zero-order chi connectivity index (χ0) is 19.7. The Morgan fingerprint density at radius 3 is 2.54 bits per heavy atom. The van der Waals surface area contributed by atoms with Crippen LogP contribution in [0.1, 0.15) is 47.7 Å². The zero-order valence-corrected chi connectivity index (χ0v) is 16.3. The Morgan fingerprint density at radius 2 is 1.82 bits per heavy atom. The van der Waals surface area contributed by atoms with Crippen molar-refractivity contribution in [3.63, 3.8) is 0 Å². The van der Waals surface area contributed by atoms with Crippen molar-refractivity contribution in [1.82, 2.24) is 19.4 Å². The van der Waals surface area contributed by atoms with Crippen molar-refractivity contribution in [3.05, 3.63) is 47.5 Å². The molecule has 1 N–H and O–H groups in total. The number of piperidine rings is 1. The van der Waals surface area contributed by atoms with Crippen LogP contribution in [0.25, 0.3) is 0 Å². The van der Waals surface area contributed by atoms with Crippen molar-refractivity contribution < 1.29 is 17.6 Å². The van der Waals surface area contributed by atoms with Crippen LogP contribution >= 0.6 is 0 Å². The monoisotopic (exact) mass is 406 g/mol. The maximum atomic E-state index is 13.2. The number of likely N-dealkylation sites (tertiary alicyclic amines) is 1. The van der Waals surface area contributed by atoms with Gasteiger partial charge in [0, 0.05) is 32.1 Å². The molecule has 4 rings (SSSR count).